The molecule has 0 radical (unpaired) electrons. The predicted octanol–water partition coefficient (Wildman–Crippen LogP) is 10.6. The molecule has 8 nitrogen and oxygen atoms in total. The maximum atomic E-state index is 13.1. The van der Waals surface area contributed by atoms with Gasteiger partial charge in [0.15, 0.2) is 11.5 Å². The van der Waals surface area contributed by atoms with Crippen LogP contribution >= 0.6 is 69.6 Å². The second-order valence-electron chi connectivity index (χ2n) is 11.4. The predicted molar refractivity (Wildman–Crippen MR) is 181 cm³/mol. The minimum absolute atomic E-state index is 0.00765. The molecule has 0 bridgehead atoms. The molecule has 0 aromatic heterocycles. The SMILES string of the molecule is CCC(C)CC(C)COC(=O)c1c(Cl)c(Cl)cc(Cl)c1OC(=O)C(=O)Oc1c(Cl)cc(Cl)c(Cl)c1C(=O)OCC(C)CC(C)CC. The first-order chi connectivity index (χ1) is 21.5. The van der Waals surface area contributed by atoms with Crippen LogP contribution in [0.3, 0.4) is 0 Å². The van der Waals surface area contributed by atoms with Gasteiger partial charge in [0.1, 0.15) is 11.1 Å². The first-order valence-corrected chi connectivity index (χ1v) is 16.9. The van der Waals surface area contributed by atoms with Crippen LogP contribution in [-0.2, 0) is 19.1 Å². The summed E-state index contributed by atoms with van der Waals surface area (Å²) in [5.41, 5.74) is -0.946. The number of benzene rings is 2. The first kappa shape index (κ1) is 40.2. The molecule has 254 valence electrons. The van der Waals surface area contributed by atoms with E-state index in [0.717, 1.165) is 37.8 Å². The van der Waals surface area contributed by atoms with Crippen LogP contribution in [0, 0.1) is 23.7 Å². The lowest BCUT2D eigenvalue weighted by molar-refractivity contribution is -0.156. The minimum atomic E-state index is -1.65. The third-order valence-electron chi connectivity index (χ3n) is 7.22. The van der Waals surface area contributed by atoms with Crippen LogP contribution in [-0.4, -0.2) is 37.1 Å². The van der Waals surface area contributed by atoms with Gasteiger partial charge in [-0.25, -0.2) is 19.2 Å². The third-order valence-corrected chi connectivity index (χ3v) is 9.36. The van der Waals surface area contributed by atoms with Crippen molar-refractivity contribution in [3.05, 3.63) is 53.4 Å². The maximum Gasteiger partial charge on any atom is 0.423 e. The third kappa shape index (κ3) is 11.1. The zero-order valence-electron chi connectivity index (χ0n) is 26.2. The van der Waals surface area contributed by atoms with Crippen molar-refractivity contribution in [2.24, 2.45) is 23.7 Å². The molecule has 0 N–H and O–H groups in total. The molecule has 0 saturated carbocycles. The molecule has 4 unspecified atom stereocenters. The average molecular weight is 761 g/mol. The van der Waals surface area contributed by atoms with E-state index in [1.165, 1.54) is 0 Å². The summed E-state index contributed by atoms with van der Waals surface area (Å²) in [5, 5.41) is -1.53. The Kier molecular flexibility index (Phi) is 16.2. The lowest BCUT2D eigenvalue weighted by Crippen LogP contribution is -2.27. The van der Waals surface area contributed by atoms with Gasteiger partial charge >= 0.3 is 23.9 Å². The fraction of sp³-hybridized carbons (Fsp3) is 0.500. The lowest BCUT2D eigenvalue weighted by Gasteiger charge is -2.18. The summed E-state index contributed by atoms with van der Waals surface area (Å²) in [4.78, 5) is 52.1. The molecule has 4 atom stereocenters. The van der Waals surface area contributed by atoms with E-state index in [9.17, 15) is 19.2 Å². The smallest absolute Gasteiger partial charge is 0.423 e. The Bertz CT molecular complexity index is 1340. The van der Waals surface area contributed by atoms with E-state index >= 15 is 0 Å². The van der Waals surface area contributed by atoms with Crippen LogP contribution in [0.2, 0.25) is 30.1 Å². The Hall–Kier alpha value is -1.94. The van der Waals surface area contributed by atoms with Crippen molar-refractivity contribution in [1.29, 1.82) is 0 Å². The molecule has 2 rings (SSSR count). The highest BCUT2D eigenvalue weighted by Gasteiger charge is 2.32. The van der Waals surface area contributed by atoms with Crippen molar-refractivity contribution in [2.45, 2.75) is 67.2 Å². The van der Waals surface area contributed by atoms with Gasteiger partial charge in [-0.2, -0.15) is 0 Å². The number of carbonyl (C=O) groups excluding carboxylic acids is 4. The van der Waals surface area contributed by atoms with E-state index in [4.69, 9.17) is 88.6 Å². The van der Waals surface area contributed by atoms with Crippen LogP contribution in [0.15, 0.2) is 12.1 Å². The molecule has 2 aromatic carbocycles. The molecule has 0 aliphatic heterocycles. The van der Waals surface area contributed by atoms with Gasteiger partial charge in [-0.1, -0.05) is 124 Å². The van der Waals surface area contributed by atoms with Gasteiger partial charge in [0.25, 0.3) is 0 Å². The number of rotatable bonds is 14. The average Bonchev–Trinajstić information content (AvgIpc) is 2.99. The fourth-order valence-corrected chi connectivity index (χ4v) is 5.85. The molecule has 0 aliphatic rings. The normalized spacial score (nSPS) is 13.7. The molecule has 14 heteroatoms. The Labute approximate surface area is 299 Å². The Morgan fingerprint density at radius 3 is 1.20 bits per heavy atom. The van der Waals surface area contributed by atoms with E-state index in [1.807, 2.05) is 13.8 Å². The number of hydrogen-bond acceptors (Lipinski definition) is 8. The molecule has 2 aromatic rings. The van der Waals surface area contributed by atoms with Gasteiger partial charge in [0.05, 0.1) is 43.3 Å². The largest absolute Gasteiger partial charge is 0.462 e. The van der Waals surface area contributed by atoms with Crippen LogP contribution in [0.1, 0.15) is 87.9 Å². The topological polar surface area (TPSA) is 105 Å². The highest BCUT2D eigenvalue weighted by Crippen LogP contribution is 2.42. The highest BCUT2D eigenvalue weighted by atomic mass is 35.5. The van der Waals surface area contributed by atoms with Gasteiger partial charge in [-0.15, -0.1) is 0 Å². The molecule has 0 amide bonds. The number of hydrogen-bond donors (Lipinski definition) is 0. The van der Waals surface area contributed by atoms with Gasteiger partial charge < -0.3 is 18.9 Å². The van der Waals surface area contributed by atoms with Crippen molar-refractivity contribution < 1.29 is 38.1 Å². The van der Waals surface area contributed by atoms with Crippen LogP contribution in [0.25, 0.3) is 0 Å². The quantitative estimate of drug-likeness (QED) is 0.0811. The molecule has 46 heavy (non-hydrogen) atoms. The van der Waals surface area contributed by atoms with Crippen LogP contribution in [0.5, 0.6) is 11.5 Å². The van der Waals surface area contributed by atoms with Gasteiger partial charge in [-0.05, 0) is 48.6 Å². The van der Waals surface area contributed by atoms with E-state index in [0.29, 0.717) is 11.8 Å². The Morgan fingerprint density at radius 1 is 0.565 bits per heavy atom. The van der Waals surface area contributed by atoms with Crippen molar-refractivity contribution in [1.82, 2.24) is 0 Å². The fourth-order valence-electron chi connectivity index (χ4n) is 4.41. The second-order valence-corrected chi connectivity index (χ2v) is 13.8. The monoisotopic (exact) mass is 758 g/mol. The number of carbonyl (C=O) groups is 4. The summed E-state index contributed by atoms with van der Waals surface area (Å²) in [5.74, 6) is -5.62. The molecular formula is C32H36Cl6O8. The molecule has 0 spiro atoms. The lowest BCUT2D eigenvalue weighted by atomic mass is 9.96. The number of esters is 4. The van der Waals surface area contributed by atoms with E-state index < -0.39 is 46.5 Å². The Balaban J connectivity index is 2.32. The van der Waals surface area contributed by atoms with Crippen molar-refractivity contribution >= 4 is 93.5 Å². The molecule has 0 heterocycles. The molecular weight excluding hydrogens is 725 g/mol. The summed E-state index contributed by atoms with van der Waals surface area (Å²) in [6.45, 7) is 12.2. The van der Waals surface area contributed by atoms with Crippen LogP contribution < -0.4 is 9.47 Å². The standard InChI is InChI=1S/C32H36Cl6O8/c1-7-15(3)9-17(5)13-43-29(39)23-25(37)19(33)11-21(35)27(23)45-31(41)32(42)46-28-22(36)12-20(34)26(38)24(28)30(40)44-14-18(6)10-16(4)8-2/h11-12,15-18H,7-10,13-14H2,1-6H3. The number of ether oxygens (including phenoxy) is 4. The molecule has 0 saturated heterocycles. The zero-order valence-corrected chi connectivity index (χ0v) is 30.8. The molecule has 0 fully saturated rings. The second kappa shape index (κ2) is 18.6. The molecule has 0 aliphatic carbocycles. The van der Waals surface area contributed by atoms with E-state index in [2.05, 4.69) is 27.7 Å². The highest BCUT2D eigenvalue weighted by molar-refractivity contribution is 6.47. The summed E-state index contributed by atoms with van der Waals surface area (Å²) in [6, 6.07) is 2.24. The minimum Gasteiger partial charge on any atom is -0.462 e. The zero-order chi connectivity index (χ0) is 34.9. The van der Waals surface area contributed by atoms with Gasteiger partial charge in [0.2, 0.25) is 0 Å². The van der Waals surface area contributed by atoms with E-state index in [-0.39, 0.29) is 55.2 Å². The maximum absolute atomic E-state index is 13.1. The Morgan fingerprint density at radius 2 is 0.891 bits per heavy atom. The van der Waals surface area contributed by atoms with Crippen molar-refractivity contribution in [2.75, 3.05) is 13.2 Å². The van der Waals surface area contributed by atoms with Crippen LogP contribution in [0.4, 0.5) is 0 Å². The van der Waals surface area contributed by atoms with Gasteiger partial charge in [-0.3, -0.25) is 0 Å². The van der Waals surface area contributed by atoms with Gasteiger partial charge in [0, 0.05) is 0 Å². The summed E-state index contributed by atoms with van der Waals surface area (Å²) in [7, 11) is 0. The van der Waals surface area contributed by atoms with E-state index in [1.54, 1.807) is 0 Å². The summed E-state index contributed by atoms with van der Waals surface area (Å²) >= 11 is 37.3. The summed E-state index contributed by atoms with van der Waals surface area (Å²) in [6.07, 6.45) is 3.51. The first-order valence-electron chi connectivity index (χ1n) is 14.6. The van der Waals surface area contributed by atoms with Crippen molar-refractivity contribution in [3.63, 3.8) is 0 Å². The van der Waals surface area contributed by atoms with Crippen molar-refractivity contribution in [3.8, 4) is 11.5 Å². The number of halogens is 6. The summed E-state index contributed by atoms with van der Waals surface area (Å²) < 4.78 is 21.2.